The Kier molecular flexibility index (Phi) is 6.91. The highest BCUT2D eigenvalue weighted by Gasteiger charge is 2.09. The Hall–Kier alpha value is -0.930. The highest BCUT2D eigenvalue weighted by atomic mass is 19.1. The van der Waals surface area contributed by atoms with Gasteiger partial charge in [-0.2, -0.15) is 0 Å². The molecule has 1 rings (SSSR count). The van der Waals surface area contributed by atoms with Crippen LogP contribution >= 0.6 is 0 Å². The molecule has 102 valence electrons. The van der Waals surface area contributed by atoms with E-state index in [1.54, 1.807) is 6.07 Å². The van der Waals surface area contributed by atoms with Crippen LogP contribution in [-0.2, 0) is 11.2 Å². The van der Waals surface area contributed by atoms with Crippen molar-refractivity contribution < 1.29 is 9.13 Å². The molecule has 0 heterocycles. The third-order valence-corrected chi connectivity index (χ3v) is 3.14. The number of aryl methyl sites for hydroxylation is 1. The molecule has 0 amide bonds. The van der Waals surface area contributed by atoms with Crippen LogP contribution in [0, 0.1) is 12.7 Å². The van der Waals surface area contributed by atoms with Gasteiger partial charge in [0.2, 0.25) is 0 Å². The smallest absolute Gasteiger partial charge is 0.123 e. The summed E-state index contributed by atoms with van der Waals surface area (Å²) >= 11 is 0. The zero-order valence-electron chi connectivity index (χ0n) is 11.6. The van der Waals surface area contributed by atoms with Crippen molar-refractivity contribution in [2.75, 3.05) is 20.3 Å². The lowest BCUT2D eigenvalue weighted by atomic mass is 9.99. The van der Waals surface area contributed by atoms with Crippen molar-refractivity contribution in [2.45, 2.75) is 39.2 Å². The van der Waals surface area contributed by atoms with Gasteiger partial charge >= 0.3 is 0 Å². The van der Waals surface area contributed by atoms with E-state index < -0.39 is 0 Å². The average molecular weight is 253 g/mol. The van der Waals surface area contributed by atoms with Crippen LogP contribution in [0.5, 0.6) is 0 Å². The van der Waals surface area contributed by atoms with Crippen LogP contribution in [0.4, 0.5) is 4.39 Å². The van der Waals surface area contributed by atoms with Gasteiger partial charge in [-0.3, -0.25) is 0 Å². The van der Waals surface area contributed by atoms with Crippen molar-refractivity contribution >= 4 is 0 Å². The molecule has 1 aromatic carbocycles. The predicted octanol–water partition coefficient (Wildman–Crippen LogP) is 3.08. The van der Waals surface area contributed by atoms with Gasteiger partial charge in [0, 0.05) is 19.3 Å². The number of halogens is 1. The molecule has 1 N–H and O–H groups in total. The zero-order chi connectivity index (χ0) is 13.4. The highest BCUT2D eigenvalue weighted by molar-refractivity contribution is 5.27. The van der Waals surface area contributed by atoms with Crippen molar-refractivity contribution in [1.82, 2.24) is 5.32 Å². The lowest BCUT2D eigenvalue weighted by molar-refractivity contribution is 0.125. The summed E-state index contributed by atoms with van der Waals surface area (Å²) in [4.78, 5) is 0. The standard InChI is InChI=1S/C15H24FNO/c1-4-8-18-9-7-15(17-3)11-13-5-6-14(16)10-12(13)2/h5-6,10,15,17H,4,7-9,11H2,1-3H3. The molecule has 0 aliphatic carbocycles. The lowest BCUT2D eigenvalue weighted by Crippen LogP contribution is -2.29. The first-order valence-corrected chi connectivity index (χ1v) is 6.67. The summed E-state index contributed by atoms with van der Waals surface area (Å²) in [5.41, 5.74) is 2.22. The molecule has 3 heteroatoms. The number of nitrogens with one attached hydrogen (secondary N) is 1. The zero-order valence-corrected chi connectivity index (χ0v) is 11.6. The molecule has 0 spiro atoms. The van der Waals surface area contributed by atoms with Crippen molar-refractivity contribution in [3.63, 3.8) is 0 Å². The maximum atomic E-state index is 13.0. The normalized spacial score (nSPS) is 12.7. The molecule has 2 nitrogen and oxygen atoms in total. The summed E-state index contributed by atoms with van der Waals surface area (Å²) in [6.45, 7) is 5.67. The molecule has 1 unspecified atom stereocenters. The molecule has 0 radical (unpaired) electrons. The van der Waals surface area contributed by atoms with E-state index in [2.05, 4.69) is 12.2 Å². The van der Waals surface area contributed by atoms with Gasteiger partial charge in [0.25, 0.3) is 0 Å². The second kappa shape index (κ2) is 8.22. The molecule has 0 saturated carbocycles. The third kappa shape index (κ3) is 5.15. The second-order valence-corrected chi connectivity index (χ2v) is 4.66. The molecule has 1 atom stereocenters. The largest absolute Gasteiger partial charge is 0.381 e. The van der Waals surface area contributed by atoms with E-state index in [1.807, 2.05) is 20.0 Å². The minimum atomic E-state index is -0.163. The molecule has 0 aromatic heterocycles. The summed E-state index contributed by atoms with van der Waals surface area (Å²) < 4.78 is 18.5. The maximum absolute atomic E-state index is 13.0. The van der Waals surface area contributed by atoms with E-state index >= 15 is 0 Å². The van der Waals surface area contributed by atoms with Gasteiger partial charge in [-0.15, -0.1) is 0 Å². The Labute approximate surface area is 110 Å². The first kappa shape index (κ1) is 15.1. The van der Waals surface area contributed by atoms with E-state index in [1.165, 1.54) is 11.6 Å². The van der Waals surface area contributed by atoms with Gasteiger partial charge in [0.15, 0.2) is 0 Å². The molecular weight excluding hydrogens is 229 g/mol. The number of likely N-dealkylation sites (N-methyl/N-ethyl adjacent to an activating group) is 1. The van der Waals surface area contributed by atoms with Crippen LogP contribution in [0.3, 0.4) is 0 Å². The molecule has 0 saturated heterocycles. The number of hydrogen-bond donors (Lipinski definition) is 1. The second-order valence-electron chi connectivity index (χ2n) is 4.66. The molecule has 0 fully saturated rings. The van der Waals surface area contributed by atoms with Gasteiger partial charge < -0.3 is 10.1 Å². The Morgan fingerprint density at radius 2 is 2.11 bits per heavy atom. The van der Waals surface area contributed by atoms with E-state index in [-0.39, 0.29) is 5.82 Å². The van der Waals surface area contributed by atoms with Crippen molar-refractivity contribution in [3.05, 3.63) is 35.1 Å². The van der Waals surface area contributed by atoms with Crippen LogP contribution < -0.4 is 5.32 Å². The summed E-state index contributed by atoms with van der Waals surface area (Å²) in [5.74, 6) is -0.163. The number of benzene rings is 1. The van der Waals surface area contributed by atoms with Crippen molar-refractivity contribution in [2.24, 2.45) is 0 Å². The maximum Gasteiger partial charge on any atom is 0.123 e. The summed E-state index contributed by atoms with van der Waals surface area (Å²) in [5, 5.41) is 3.30. The average Bonchev–Trinajstić information content (AvgIpc) is 2.35. The molecule has 0 aliphatic heterocycles. The Bertz CT molecular complexity index is 354. The van der Waals surface area contributed by atoms with Crippen molar-refractivity contribution in [3.8, 4) is 0 Å². The first-order chi connectivity index (χ1) is 8.67. The van der Waals surface area contributed by atoms with E-state index in [0.717, 1.165) is 38.0 Å². The fourth-order valence-electron chi connectivity index (χ4n) is 1.97. The lowest BCUT2D eigenvalue weighted by Gasteiger charge is -2.17. The Morgan fingerprint density at radius 1 is 1.33 bits per heavy atom. The number of rotatable bonds is 8. The van der Waals surface area contributed by atoms with Gasteiger partial charge in [-0.05, 0) is 56.5 Å². The van der Waals surface area contributed by atoms with E-state index in [9.17, 15) is 4.39 Å². The van der Waals surface area contributed by atoms with Gasteiger partial charge in [0.05, 0.1) is 0 Å². The summed E-state index contributed by atoms with van der Waals surface area (Å²) in [6, 6.07) is 5.38. The SMILES string of the molecule is CCCOCCC(Cc1ccc(F)cc1C)NC. The fourth-order valence-corrected chi connectivity index (χ4v) is 1.97. The van der Waals surface area contributed by atoms with E-state index in [4.69, 9.17) is 4.74 Å². The fraction of sp³-hybridized carbons (Fsp3) is 0.600. The first-order valence-electron chi connectivity index (χ1n) is 6.67. The minimum Gasteiger partial charge on any atom is -0.381 e. The van der Waals surface area contributed by atoms with Gasteiger partial charge in [-0.25, -0.2) is 4.39 Å². The minimum absolute atomic E-state index is 0.163. The van der Waals surface area contributed by atoms with Crippen LogP contribution in [0.15, 0.2) is 18.2 Å². The molecule has 1 aromatic rings. The third-order valence-electron chi connectivity index (χ3n) is 3.14. The molecule has 18 heavy (non-hydrogen) atoms. The van der Waals surface area contributed by atoms with Crippen LogP contribution in [0.25, 0.3) is 0 Å². The van der Waals surface area contributed by atoms with Crippen LogP contribution in [0.1, 0.15) is 30.9 Å². The predicted molar refractivity (Wildman–Crippen MR) is 73.4 cm³/mol. The van der Waals surface area contributed by atoms with E-state index in [0.29, 0.717) is 6.04 Å². The highest BCUT2D eigenvalue weighted by Crippen LogP contribution is 2.13. The number of hydrogen-bond acceptors (Lipinski definition) is 2. The number of ether oxygens (including phenoxy) is 1. The quantitative estimate of drug-likeness (QED) is 0.719. The monoisotopic (exact) mass is 253 g/mol. The topological polar surface area (TPSA) is 21.3 Å². The molecular formula is C15H24FNO. The summed E-state index contributed by atoms with van der Waals surface area (Å²) in [6.07, 6.45) is 2.95. The molecule has 0 aliphatic rings. The molecule has 0 bridgehead atoms. The summed E-state index contributed by atoms with van der Waals surface area (Å²) in [7, 11) is 1.96. The Balaban J connectivity index is 2.46. The van der Waals surface area contributed by atoms with Crippen LogP contribution in [-0.4, -0.2) is 26.3 Å². The van der Waals surface area contributed by atoms with Crippen molar-refractivity contribution in [1.29, 1.82) is 0 Å². The van der Waals surface area contributed by atoms with Gasteiger partial charge in [-0.1, -0.05) is 13.0 Å². The Morgan fingerprint density at radius 3 is 2.72 bits per heavy atom. The van der Waals surface area contributed by atoms with Gasteiger partial charge in [0.1, 0.15) is 5.82 Å². The van der Waals surface area contributed by atoms with Crippen LogP contribution in [0.2, 0.25) is 0 Å².